The molecule has 0 aromatic carbocycles. The van der Waals surface area contributed by atoms with Gasteiger partial charge in [0.2, 0.25) is 0 Å². The number of hydrogen-bond donors (Lipinski definition) is 0. The lowest BCUT2D eigenvalue weighted by atomic mass is 10.0. The fourth-order valence-electron chi connectivity index (χ4n) is 0. The monoisotopic (exact) mass is 172 g/mol. The molecule has 0 saturated carbocycles. The van der Waals surface area contributed by atoms with E-state index in [1.165, 1.54) is 15.4 Å². The molecule has 0 aliphatic rings. The van der Waals surface area contributed by atoms with Crippen LogP contribution >= 0.6 is 0 Å². The minimum Gasteiger partial charge on any atom is -0.0990 e. The molecule has 0 N–H and O–H groups in total. The molecule has 0 saturated heterocycles. The van der Waals surface area contributed by atoms with Gasteiger partial charge < -0.3 is 0 Å². The largest absolute Gasteiger partial charge is 0.0990 e. The summed E-state index contributed by atoms with van der Waals surface area (Å²) < 4.78 is 0. The van der Waals surface area contributed by atoms with Crippen molar-refractivity contribution in [1.29, 1.82) is 0 Å². The Labute approximate surface area is 75.5 Å². The molecule has 0 nitrogen and oxygen atoms in total. The highest BCUT2D eigenvalue weighted by atomic mass is 28.1. The Balaban J connectivity index is 0. The molecule has 11 heavy (non-hydrogen) atoms. The van der Waals surface area contributed by atoms with E-state index in [1.54, 1.807) is 0 Å². The van der Waals surface area contributed by atoms with Crippen LogP contribution in [0.3, 0.4) is 0 Å². The summed E-state index contributed by atoms with van der Waals surface area (Å²) in [4.78, 5) is 0. The lowest BCUT2D eigenvalue weighted by molar-refractivity contribution is 0.457. The third kappa shape index (κ3) is 17.8. The first-order valence-corrected chi connectivity index (χ1v) is 5.51. The summed E-state index contributed by atoms with van der Waals surface area (Å²) in [5, 5.41) is 1.52. The molecule has 0 unspecified atom stereocenters. The van der Waals surface area contributed by atoms with Crippen molar-refractivity contribution in [3.05, 3.63) is 11.3 Å². The van der Waals surface area contributed by atoms with Crippen LogP contribution in [0.4, 0.5) is 0 Å². The van der Waals surface area contributed by atoms with Gasteiger partial charge in [0.15, 0.2) is 0 Å². The lowest BCUT2D eigenvalue weighted by Gasteiger charge is -2.05. The maximum absolute atomic E-state index is 2.24. The smallest absolute Gasteiger partial charge is 0.0325 e. The molecule has 0 aliphatic heterocycles. The molecule has 1 heteroatoms. The van der Waals surface area contributed by atoms with Crippen LogP contribution < -0.4 is 0 Å². The van der Waals surface area contributed by atoms with Gasteiger partial charge in [-0.05, 0) is 25.7 Å². The molecule has 68 valence electrons. The zero-order valence-corrected chi connectivity index (χ0v) is 11.2. The molecule has 0 amide bonds. The topological polar surface area (TPSA) is 0 Å². The molecule has 0 bridgehead atoms. The number of rotatable bonds is 1. The van der Waals surface area contributed by atoms with Crippen LogP contribution in [-0.4, -0.2) is 10.2 Å². The Morgan fingerprint density at radius 2 is 1.27 bits per heavy atom. The molecule has 0 rings (SSSR count). The van der Waals surface area contributed by atoms with E-state index in [1.807, 2.05) is 0 Å². The molecule has 0 aromatic rings. The van der Waals surface area contributed by atoms with E-state index in [9.17, 15) is 0 Å². The van der Waals surface area contributed by atoms with E-state index in [2.05, 4.69) is 47.6 Å². The Morgan fingerprint density at radius 1 is 1.09 bits per heavy atom. The summed E-state index contributed by atoms with van der Waals surface area (Å²) in [6.07, 6.45) is 2.15. The summed E-state index contributed by atoms with van der Waals surface area (Å²) >= 11 is 0. The van der Waals surface area contributed by atoms with Crippen molar-refractivity contribution in [2.75, 3.05) is 0 Å². The van der Waals surface area contributed by atoms with Crippen molar-refractivity contribution in [3.63, 3.8) is 0 Å². The molecular formula is C10H24Si. The zero-order chi connectivity index (χ0) is 9.44. The summed E-state index contributed by atoms with van der Waals surface area (Å²) in [6, 6.07) is 0. The van der Waals surface area contributed by atoms with Crippen LogP contribution in [0.2, 0.25) is 0 Å². The van der Waals surface area contributed by atoms with Gasteiger partial charge in [0.1, 0.15) is 0 Å². The van der Waals surface area contributed by atoms with Gasteiger partial charge in [-0.3, -0.25) is 0 Å². The first kappa shape index (κ1) is 13.5. The van der Waals surface area contributed by atoms with Crippen molar-refractivity contribution < 1.29 is 0 Å². The Hall–Kier alpha value is -0.0431. The Morgan fingerprint density at radius 3 is 1.27 bits per heavy atom. The van der Waals surface area contributed by atoms with Gasteiger partial charge in [0.05, 0.1) is 0 Å². The van der Waals surface area contributed by atoms with Crippen molar-refractivity contribution in [2.24, 2.45) is 11.8 Å². The molecule has 0 spiro atoms. The summed E-state index contributed by atoms with van der Waals surface area (Å²) in [7, 11) is 1.23. The van der Waals surface area contributed by atoms with Crippen molar-refractivity contribution >= 4 is 10.2 Å². The fourth-order valence-corrected chi connectivity index (χ4v) is 0. The van der Waals surface area contributed by atoms with Crippen molar-refractivity contribution in [2.45, 2.75) is 41.5 Å². The summed E-state index contributed by atoms with van der Waals surface area (Å²) in [5.41, 5.74) is 0. The van der Waals surface area contributed by atoms with Crippen LogP contribution in [0.15, 0.2) is 11.3 Å². The highest BCUT2D eigenvalue weighted by Gasteiger charge is 1.95. The summed E-state index contributed by atoms with van der Waals surface area (Å²) in [5.74, 6) is 1.70. The van der Waals surface area contributed by atoms with Gasteiger partial charge in [-0.15, -0.1) is 0 Å². The van der Waals surface area contributed by atoms with Crippen LogP contribution in [-0.2, 0) is 0 Å². The average molecular weight is 172 g/mol. The minimum absolute atomic E-state index is 0.852. The second kappa shape index (κ2) is 8.06. The first-order chi connectivity index (χ1) is 4.91. The normalized spacial score (nSPS) is 11.8. The fraction of sp³-hybridized carbons (Fsp3) is 0.800. The second-order valence-corrected chi connectivity index (χ2v) is 5.43. The van der Waals surface area contributed by atoms with Gasteiger partial charge in [-0.25, -0.2) is 0 Å². The van der Waals surface area contributed by atoms with Crippen molar-refractivity contribution in [1.82, 2.24) is 0 Å². The zero-order valence-electron chi connectivity index (χ0n) is 9.23. The third-order valence-electron chi connectivity index (χ3n) is 1.91. The van der Waals surface area contributed by atoms with Gasteiger partial charge in [-0.2, -0.15) is 0 Å². The highest BCUT2D eigenvalue weighted by molar-refractivity contribution is 6.21. The van der Waals surface area contributed by atoms with Gasteiger partial charge in [-0.1, -0.05) is 39.0 Å². The predicted molar refractivity (Wildman–Crippen MR) is 59.0 cm³/mol. The minimum atomic E-state index is 0.852. The van der Waals surface area contributed by atoms with Gasteiger partial charge >= 0.3 is 0 Å². The molecule has 0 heterocycles. The van der Waals surface area contributed by atoms with Crippen LogP contribution in [0.5, 0.6) is 0 Å². The predicted octanol–water partition coefficient (Wildman–Crippen LogP) is 2.57. The highest BCUT2D eigenvalue weighted by Crippen LogP contribution is 2.05. The SMILES string of the molecule is C/C=C(/C)[SiH3].CC(C)C(C)C. The maximum Gasteiger partial charge on any atom is 0.0325 e. The number of hydrogen-bond acceptors (Lipinski definition) is 0. The molecule has 0 radical (unpaired) electrons. The van der Waals surface area contributed by atoms with Crippen LogP contribution in [0.25, 0.3) is 0 Å². The average Bonchev–Trinajstić information content (AvgIpc) is 1.89. The van der Waals surface area contributed by atoms with E-state index >= 15 is 0 Å². The van der Waals surface area contributed by atoms with Crippen LogP contribution in [0.1, 0.15) is 41.5 Å². The van der Waals surface area contributed by atoms with Crippen molar-refractivity contribution in [3.8, 4) is 0 Å². The van der Waals surface area contributed by atoms with E-state index in [0.717, 1.165) is 11.8 Å². The molecule has 0 fully saturated rings. The van der Waals surface area contributed by atoms with E-state index < -0.39 is 0 Å². The number of allylic oxidation sites excluding steroid dienone is 2. The Kier molecular flexibility index (Phi) is 9.92. The first-order valence-electron chi connectivity index (χ1n) is 4.51. The molecular weight excluding hydrogens is 148 g/mol. The standard InChI is InChI=1S/C6H14.C4H10Si/c1-5(2)6(3)4;1-3-4(2)5/h5-6H,1-4H3;3H,1-2,5H3/b;4-3-. The quantitative estimate of drug-likeness (QED) is 0.533. The van der Waals surface area contributed by atoms with E-state index in [0.29, 0.717) is 0 Å². The lowest BCUT2D eigenvalue weighted by Crippen LogP contribution is -1.95. The molecule has 0 aliphatic carbocycles. The summed E-state index contributed by atoms with van der Waals surface area (Å²) in [6.45, 7) is 13.2. The van der Waals surface area contributed by atoms with E-state index in [-0.39, 0.29) is 0 Å². The Bertz CT molecular complexity index is 91.4. The maximum atomic E-state index is 2.24. The van der Waals surface area contributed by atoms with Crippen LogP contribution in [0, 0.1) is 11.8 Å². The van der Waals surface area contributed by atoms with Gasteiger partial charge in [0, 0.05) is 10.2 Å². The van der Waals surface area contributed by atoms with E-state index in [4.69, 9.17) is 0 Å². The second-order valence-electron chi connectivity index (χ2n) is 3.85. The third-order valence-corrected chi connectivity index (χ3v) is 2.49. The van der Waals surface area contributed by atoms with Gasteiger partial charge in [0.25, 0.3) is 0 Å². The molecule has 0 aromatic heterocycles. The molecule has 0 atom stereocenters.